The molecule has 1 N–H and O–H groups in total. The van der Waals surface area contributed by atoms with E-state index in [0.29, 0.717) is 28.5 Å². The maximum atomic E-state index is 15.6. The second kappa shape index (κ2) is 9.17. The minimum Gasteiger partial charge on any atom is -0.369 e. The topological polar surface area (TPSA) is 62.1 Å². The molecule has 4 heterocycles. The first kappa shape index (κ1) is 22.9. The molecule has 8 heteroatoms. The first-order chi connectivity index (χ1) is 17.5. The van der Waals surface area contributed by atoms with Crippen LogP contribution in [0.3, 0.4) is 0 Å². The van der Waals surface area contributed by atoms with Crippen LogP contribution >= 0.6 is 0 Å². The fourth-order valence-electron chi connectivity index (χ4n) is 4.89. The number of rotatable bonds is 6. The predicted molar refractivity (Wildman–Crippen MR) is 142 cm³/mol. The molecule has 1 aromatic carbocycles. The van der Waals surface area contributed by atoms with Gasteiger partial charge >= 0.3 is 0 Å². The maximum Gasteiger partial charge on any atom is 0.229 e. The molecule has 1 saturated heterocycles. The first-order valence-electron chi connectivity index (χ1n) is 12.8. The van der Waals surface area contributed by atoms with Crippen LogP contribution in [0.15, 0.2) is 48.7 Å². The van der Waals surface area contributed by atoms with Gasteiger partial charge in [-0.1, -0.05) is 19.9 Å². The van der Waals surface area contributed by atoms with Crippen molar-refractivity contribution in [2.75, 3.05) is 43.4 Å². The summed E-state index contributed by atoms with van der Waals surface area (Å²) in [5.74, 6) is 1.39. The van der Waals surface area contributed by atoms with Gasteiger partial charge in [-0.3, -0.25) is 4.57 Å². The monoisotopic (exact) mass is 485 g/mol. The van der Waals surface area contributed by atoms with Crippen LogP contribution < -0.4 is 10.2 Å². The highest BCUT2D eigenvalue weighted by Gasteiger charge is 2.34. The van der Waals surface area contributed by atoms with Crippen molar-refractivity contribution in [3.8, 4) is 5.82 Å². The number of likely N-dealkylation sites (N-methyl/N-ethyl adjacent to an activating group) is 1. The Hall–Kier alpha value is -3.52. The van der Waals surface area contributed by atoms with E-state index in [0.717, 1.165) is 50.4 Å². The van der Waals surface area contributed by atoms with E-state index in [1.807, 2.05) is 34.9 Å². The summed E-state index contributed by atoms with van der Waals surface area (Å²) in [6.07, 6.45) is 3.55. The lowest BCUT2D eigenvalue weighted by Gasteiger charge is -2.34. The fraction of sp³-hybridized carbons (Fsp3) is 0.393. The lowest BCUT2D eigenvalue weighted by molar-refractivity contribution is 0.313. The number of pyridine rings is 1. The Kier molecular flexibility index (Phi) is 5.84. The van der Waals surface area contributed by atoms with Crippen molar-refractivity contribution in [2.45, 2.75) is 38.5 Å². The van der Waals surface area contributed by atoms with Crippen LogP contribution in [0.2, 0.25) is 0 Å². The Labute approximate surface area is 211 Å². The van der Waals surface area contributed by atoms with Crippen molar-refractivity contribution < 1.29 is 4.39 Å². The van der Waals surface area contributed by atoms with Crippen LogP contribution in [0.5, 0.6) is 0 Å². The first-order valence-corrected chi connectivity index (χ1v) is 12.8. The summed E-state index contributed by atoms with van der Waals surface area (Å²) in [4.78, 5) is 18.8. The Bertz CT molecular complexity index is 1380. The van der Waals surface area contributed by atoms with Crippen LogP contribution in [0, 0.1) is 5.82 Å². The van der Waals surface area contributed by atoms with Crippen molar-refractivity contribution >= 4 is 28.4 Å². The van der Waals surface area contributed by atoms with Gasteiger partial charge in [0.25, 0.3) is 0 Å². The fourth-order valence-corrected chi connectivity index (χ4v) is 4.89. The molecule has 186 valence electrons. The van der Waals surface area contributed by atoms with Crippen molar-refractivity contribution in [1.29, 1.82) is 0 Å². The summed E-state index contributed by atoms with van der Waals surface area (Å²) in [6, 6.07) is 14.3. The molecule has 0 radical (unpaired) electrons. The van der Waals surface area contributed by atoms with E-state index in [-0.39, 0.29) is 17.7 Å². The molecule has 0 atom stereocenters. The van der Waals surface area contributed by atoms with Crippen molar-refractivity contribution in [3.63, 3.8) is 0 Å². The molecule has 1 aliphatic carbocycles. The standard InChI is InChI=1S/C28H32FN7/c1-18(2)23-5-4-6-24(32-23)36-26(19-7-8-19)25(29)22-17-30-28(33-27(22)36)31-20-9-11-21(12-10-20)35-15-13-34(3)14-16-35/h4-6,9-12,17-19H,7-8,13-16H2,1-3H3,(H,30,31,33). The van der Waals surface area contributed by atoms with E-state index in [4.69, 9.17) is 9.97 Å². The van der Waals surface area contributed by atoms with Gasteiger partial charge in [0.2, 0.25) is 5.95 Å². The van der Waals surface area contributed by atoms with Gasteiger partial charge in [-0.2, -0.15) is 4.98 Å². The van der Waals surface area contributed by atoms with E-state index in [1.165, 1.54) is 5.69 Å². The Morgan fingerprint density at radius 1 is 0.972 bits per heavy atom. The average molecular weight is 486 g/mol. The molecule has 0 spiro atoms. The van der Waals surface area contributed by atoms with Gasteiger partial charge in [0.15, 0.2) is 11.5 Å². The van der Waals surface area contributed by atoms with Gasteiger partial charge in [-0.15, -0.1) is 0 Å². The third-order valence-electron chi connectivity index (χ3n) is 7.22. The van der Waals surface area contributed by atoms with Gasteiger partial charge < -0.3 is 15.1 Å². The number of aromatic nitrogens is 4. The highest BCUT2D eigenvalue weighted by Crippen LogP contribution is 2.45. The molecule has 4 aromatic rings. The van der Waals surface area contributed by atoms with E-state index in [2.05, 4.69) is 53.1 Å². The zero-order chi connectivity index (χ0) is 24.8. The molecular formula is C28H32FN7. The molecular weight excluding hydrogens is 453 g/mol. The smallest absolute Gasteiger partial charge is 0.229 e. The molecule has 2 fully saturated rings. The molecule has 0 unspecified atom stereocenters. The molecule has 1 saturated carbocycles. The highest BCUT2D eigenvalue weighted by molar-refractivity contribution is 5.81. The lowest BCUT2D eigenvalue weighted by atomic mass is 10.1. The van der Waals surface area contributed by atoms with E-state index in [1.54, 1.807) is 6.20 Å². The van der Waals surface area contributed by atoms with Gasteiger partial charge in [0, 0.05) is 55.4 Å². The van der Waals surface area contributed by atoms with Crippen molar-refractivity contribution in [1.82, 2.24) is 24.4 Å². The van der Waals surface area contributed by atoms with Crippen LogP contribution in [-0.4, -0.2) is 57.6 Å². The number of halogens is 1. The minimum absolute atomic E-state index is 0.197. The van der Waals surface area contributed by atoms with Gasteiger partial charge in [0.1, 0.15) is 5.82 Å². The zero-order valence-corrected chi connectivity index (χ0v) is 21.1. The Balaban J connectivity index is 1.33. The maximum absolute atomic E-state index is 15.6. The number of benzene rings is 1. The molecule has 7 nitrogen and oxygen atoms in total. The van der Waals surface area contributed by atoms with Crippen molar-refractivity contribution in [2.24, 2.45) is 0 Å². The molecule has 36 heavy (non-hydrogen) atoms. The summed E-state index contributed by atoms with van der Waals surface area (Å²) in [5.41, 5.74) is 4.31. The van der Waals surface area contributed by atoms with Crippen LogP contribution in [-0.2, 0) is 0 Å². The number of fused-ring (bicyclic) bond motifs is 1. The quantitative estimate of drug-likeness (QED) is 0.392. The SMILES string of the molecule is CC(C)c1cccc(-n2c(C3CC3)c(F)c3cnc(Nc4ccc(N5CCN(C)CC5)cc4)nc32)n1. The predicted octanol–water partition coefficient (Wildman–Crippen LogP) is 5.45. The van der Waals surface area contributed by atoms with Gasteiger partial charge in [-0.25, -0.2) is 14.4 Å². The summed E-state index contributed by atoms with van der Waals surface area (Å²) in [5, 5.41) is 3.74. The summed E-state index contributed by atoms with van der Waals surface area (Å²) in [6.45, 7) is 8.43. The largest absolute Gasteiger partial charge is 0.369 e. The summed E-state index contributed by atoms with van der Waals surface area (Å²) < 4.78 is 17.5. The number of piperazine rings is 1. The number of nitrogens with zero attached hydrogens (tertiary/aromatic N) is 6. The molecule has 0 amide bonds. The van der Waals surface area contributed by atoms with Crippen LogP contribution in [0.4, 0.5) is 21.7 Å². The number of nitrogens with one attached hydrogen (secondary N) is 1. The van der Waals surface area contributed by atoms with Crippen LogP contribution in [0.1, 0.15) is 49.9 Å². The third-order valence-corrected chi connectivity index (χ3v) is 7.22. The summed E-state index contributed by atoms with van der Waals surface area (Å²) in [7, 11) is 2.16. The van der Waals surface area contributed by atoms with Gasteiger partial charge in [0.05, 0.1) is 11.1 Å². The number of anilines is 3. The molecule has 6 rings (SSSR count). The minimum atomic E-state index is -0.229. The van der Waals surface area contributed by atoms with Crippen LogP contribution in [0.25, 0.3) is 16.9 Å². The molecule has 3 aromatic heterocycles. The average Bonchev–Trinajstić information content (AvgIpc) is 3.69. The number of hydrogen-bond acceptors (Lipinski definition) is 6. The van der Waals surface area contributed by atoms with E-state index < -0.39 is 0 Å². The normalized spacial score (nSPS) is 16.8. The van der Waals surface area contributed by atoms with E-state index >= 15 is 4.39 Å². The Morgan fingerprint density at radius 3 is 2.42 bits per heavy atom. The van der Waals surface area contributed by atoms with E-state index in [9.17, 15) is 0 Å². The summed E-state index contributed by atoms with van der Waals surface area (Å²) >= 11 is 0. The van der Waals surface area contributed by atoms with Crippen molar-refractivity contribution in [3.05, 3.63) is 65.9 Å². The highest BCUT2D eigenvalue weighted by atomic mass is 19.1. The second-order valence-electron chi connectivity index (χ2n) is 10.3. The Morgan fingerprint density at radius 2 is 1.72 bits per heavy atom. The second-order valence-corrected chi connectivity index (χ2v) is 10.3. The zero-order valence-electron chi connectivity index (χ0n) is 21.1. The molecule has 2 aliphatic rings. The lowest BCUT2D eigenvalue weighted by Crippen LogP contribution is -2.44. The third kappa shape index (κ3) is 4.30. The molecule has 1 aliphatic heterocycles. The molecule has 0 bridgehead atoms. The number of hydrogen-bond donors (Lipinski definition) is 1. The van der Waals surface area contributed by atoms with Gasteiger partial charge in [-0.05, 0) is 62.2 Å².